The second-order valence-electron chi connectivity index (χ2n) is 5.59. The molecule has 1 aliphatic rings. The molecule has 0 radical (unpaired) electrons. The van der Waals surface area contributed by atoms with Crippen LogP contribution in [0.4, 0.5) is 0 Å². The molecule has 24 heavy (non-hydrogen) atoms. The molecule has 3 rings (SSSR count). The van der Waals surface area contributed by atoms with Gasteiger partial charge in [-0.1, -0.05) is 0 Å². The van der Waals surface area contributed by atoms with Gasteiger partial charge >= 0.3 is 0 Å². The molecule has 1 saturated heterocycles. The maximum absolute atomic E-state index is 12.7. The molecule has 0 spiro atoms. The fourth-order valence-corrected chi connectivity index (χ4v) is 4.90. The Balaban J connectivity index is 1.80. The smallest absolute Gasteiger partial charge is 0.241 e. The van der Waals surface area contributed by atoms with Crippen molar-refractivity contribution in [3.8, 4) is 0 Å². The summed E-state index contributed by atoms with van der Waals surface area (Å²) in [6.07, 6.45) is 0.273. The van der Waals surface area contributed by atoms with Crippen LogP contribution >= 0.6 is 11.3 Å². The van der Waals surface area contributed by atoms with Gasteiger partial charge in [-0.2, -0.15) is 0 Å². The van der Waals surface area contributed by atoms with Gasteiger partial charge in [0.05, 0.1) is 52.1 Å². The number of rotatable bonds is 6. The number of aryl methyl sites for hydroxylation is 1. The summed E-state index contributed by atoms with van der Waals surface area (Å²) in [5.74, 6) is 0. The Bertz CT molecular complexity index is 805. The van der Waals surface area contributed by atoms with Crippen LogP contribution in [-0.4, -0.2) is 57.1 Å². The molecule has 2 atom stereocenters. The van der Waals surface area contributed by atoms with Crippen LogP contribution in [0.2, 0.25) is 0 Å². The minimum absolute atomic E-state index is 0.0990. The first-order valence-corrected chi connectivity index (χ1v) is 9.99. The van der Waals surface area contributed by atoms with Gasteiger partial charge in [-0.05, 0) is 31.5 Å². The fourth-order valence-electron chi connectivity index (χ4n) is 2.69. The lowest BCUT2D eigenvalue weighted by Crippen LogP contribution is -2.50. The molecule has 0 saturated carbocycles. The lowest BCUT2D eigenvalue weighted by atomic mass is 10.1. The molecule has 1 aliphatic heterocycles. The number of nitrogens with one attached hydrogen (secondary N) is 1. The average molecular weight is 372 g/mol. The van der Waals surface area contributed by atoms with Crippen molar-refractivity contribution in [1.29, 1.82) is 0 Å². The topological polar surface area (TPSA) is 97.8 Å². The molecule has 0 aliphatic carbocycles. The molecule has 1 aromatic carbocycles. The zero-order valence-corrected chi connectivity index (χ0v) is 14.9. The molecule has 7 nitrogen and oxygen atoms in total. The summed E-state index contributed by atoms with van der Waals surface area (Å²) in [7, 11) is -3.69. The van der Waals surface area contributed by atoms with Gasteiger partial charge < -0.3 is 14.6 Å². The Labute approximate surface area is 144 Å². The number of ether oxygens (including phenoxy) is 2. The maximum Gasteiger partial charge on any atom is 0.241 e. The number of fused-ring (bicyclic) bond motifs is 1. The number of hydrogen-bond acceptors (Lipinski definition) is 7. The first-order chi connectivity index (χ1) is 11.5. The van der Waals surface area contributed by atoms with E-state index in [2.05, 4.69) is 9.71 Å². The van der Waals surface area contributed by atoms with Gasteiger partial charge in [0.2, 0.25) is 10.0 Å². The van der Waals surface area contributed by atoms with Gasteiger partial charge in [-0.15, -0.1) is 11.3 Å². The van der Waals surface area contributed by atoms with Crippen LogP contribution in [0.1, 0.15) is 11.4 Å². The Hall–Kier alpha value is -1.10. The average Bonchev–Trinajstić information content (AvgIpc) is 2.93. The predicted octanol–water partition coefficient (Wildman–Crippen LogP) is 1.05. The van der Waals surface area contributed by atoms with Crippen molar-refractivity contribution < 1.29 is 23.0 Å². The Kier molecular flexibility index (Phi) is 5.48. The Morgan fingerprint density at radius 3 is 3.12 bits per heavy atom. The van der Waals surface area contributed by atoms with Gasteiger partial charge in [-0.3, -0.25) is 0 Å². The summed E-state index contributed by atoms with van der Waals surface area (Å²) in [6, 6.07) is 4.42. The SMILES string of the molecule is Cc1nc2ccc(S(=O)(=O)N[C@@H]3COCC[C@@H]3OCCO)cc2s1. The molecule has 1 fully saturated rings. The number of nitrogens with zero attached hydrogens (tertiary/aromatic N) is 1. The van der Waals surface area contributed by atoms with E-state index >= 15 is 0 Å². The van der Waals surface area contributed by atoms with E-state index in [1.807, 2.05) is 6.92 Å². The second kappa shape index (κ2) is 7.42. The zero-order chi connectivity index (χ0) is 17.2. The van der Waals surface area contributed by atoms with E-state index in [9.17, 15) is 8.42 Å². The van der Waals surface area contributed by atoms with Crippen LogP contribution < -0.4 is 4.72 Å². The van der Waals surface area contributed by atoms with Crippen LogP contribution in [-0.2, 0) is 19.5 Å². The summed E-state index contributed by atoms with van der Waals surface area (Å²) in [4.78, 5) is 4.54. The quantitative estimate of drug-likeness (QED) is 0.787. The van der Waals surface area contributed by atoms with E-state index in [0.29, 0.717) is 13.0 Å². The lowest BCUT2D eigenvalue weighted by molar-refractivity contribution is -0.0580. The van der Waals surface area contributed by atoms with Gasteiger partial charge in [0.1, 0.15) is 0 Å². The van der Waals surface area contributed by atoms with E-state index < -0.39 is 16.1 Å². The number of hydrogen-bond donors (Lipinski definition) is 2. The van der Waals surface area contributed by atoms with Crippen molar-refractivity contribution in [2.24, 2.45) is 0 Å². The zero-order valence-electron chi connectivity index (χ0n) is 13.3. The molecule has 2 heterocycles. The van der Waals surface area contributed by atoms with Crippen molar-refractivity contribution in [3.05, 3.63) is 23.2 Å². The van der Waals surface area contributed by atoms with Gasteiger partial charge in [-0.25, -0.2) is 18.1 Å². The number of thiazole rings is 1. The van der Waals surface area contributed by atoms with Crippen LogP contribution in [0.25, 0.3) is 10.2 Å². The van der Waals surface area contributed by atoms with Gasteiger partial charge in [0.15, 0.2) is 0 Å². The standard InChI is InChI=1S/C15H20N2O5S2/c1-10-16-12-3-2-11(8-15(12)23-10)24(19,20)17-13-9-21-6-4-14(13)22-7-5-18/h2-3,8,13-14,17-18H,4-7,9H2,1H3/t13-,14+/m1/s1. The van der Waals surface area contributed by atoms with Crippen molar-refractivity contribution in [1.82, 2.24) is 9.71 Å². The largest absolute Gasteiger partial charge is 0.394 e. The molecule has 0 bridgehead atoms. The highest BCUT2D eigenvalue weighted by Crippen LogP contribution is 2.25. The molecule has 1 aromatic heterocycles. The number of aromatic nitrogens is 1. The van der Waals surface area contributed by atoms with Crippen molar-refractivity contribution >= 4 is 31.6 Å². The van der Waals surface area contributed by atoms with Crippen molar-refractivity contribution in [2.45, 2.75) is 30.4 Å². The van der Waals surface area contributed by atoms with E-state index in [1.54, 1.807) is 18.2 Å². The molecular formula is C15H20N2O5S2. The van der Waals surface area contributed by atoms with E-state index in [-0.39, 0.29) is 30.8 Å². The fraction of sp³-hybridized carbons (Fsp3) is 0.533. The van der Waals surface area contributed by atoms with Gasteiger partial charge in [0, 0.05) is 6.61 Å². The van der Waals surface area contributed by atoms with Crippen LogP contribution in [0.5, 0.6) is 0 Å². The lowest BCUT2D eigenvalue weighted by Gasteiger charge is -2.31. The summed E-state index contributed by atoms with van der Waals surface area (Å²) < 4.78 is 39.8. The highest BCUT2D eigenvalue weighted by atomic mass is 32.2. The van der Waals surface area contributed by atoms with E-state index in [1.165, 1.54) is 11.3 Å². The van der Waals surface area contributed by atoms with E-state index in [4.69, 9.17) is 14.6 Å². The number of aliphatic hydroxyl groups excluding tert-OH is 1. The van der Waals surface area contributed by atoms with Crippen molar-refractivity contribution in [3.63, 3.8) is 0 Å². The number of sulfonamides is 1. The first-order valence-electron chi connectivity index (χ1n) is 7.69. The van der Waals surface area contributed by atoms with Crippen LogP contribution in [0.15, 0.2) is 23.1 Å². The molecule has 9 heteroatoms. The number of benzene rings is 1. The highest BCUT2D eigenvalue weighted by molar-refractivity contribution is 7.89. The Morgan fingerprint density at radius 1 is 1.50 bits per heavy atom. The van der Waals surface area contributed by atoms with Gasteiger partial charge in [0.25, 0.3) is 0 Å². The van der Waals surface area contributed by atoms with E-state index in [0.717, 1.165) is 15.2 Å². The number of aliphatic hydroxyl groups is 1. The summed E-state index contributed by atoms with van der Waals surface area (Å²) in [5.41, 5.74) is 0.793. The summed E-state index contributed by atoms with van der Waals surface area (Å²) in [6.45, 7) is 2.73. The second-order valence-corrected chi connectivity index (χ2v) is 8.54. The van der Waals surface area contributed by atoms with Crippen molar-refractivity contribution in [2.75, 3.05) is 26.4 Å². The third-order valence-corrected chi connectivity index (χ3v) is 6.22. The molecular weight excluding hydrogens is 352 g/mol. The summed E-state index contributed by atoms with van der Waals surface area (Å²) in [5, 5.41) is 9.79. The normalized spacial score (nSPS) is 22.1. The highest BCUT2D eigenvalue weighted by Gasteiger charge is 2.31. The minimum atomic E-state index is -3.69. The van der Waals surface area contributed by atoms with Crippen LogP contribution in [0, 0.1) is 6.92 Å². The summed E-state index contributed by atoms with van der Waals surface area (Å²) >= 11 is 1.46. The Morgan fingerprint density at radius 2 is 2.33 bits per heavy atom. The molecule has 132 valence electrons. The predicted molar refractivity (Wildman–Crippen MR) is 90.7 cm³/mol. The minimum Gasteiger partial charge on any atom is -0.394 e. The van der Waals surface area contributed by atoms with Crippen LogP contribution in [0.3, 0.4) is 0 Å². The monoisotopic (exact) mass is 372 g/mol. The third kappa shape index (κ3) is 3.93. The molecule has 0 amide bonds. The molecule has 2 N–H and O–H groups in total. The molecule has 2 aromatic rings. The first kappa shape index (κ1) is 17.7. The third-order valence-electron chi connectivity index (χ3n) is 3.80. The molecule has 0 unspecified atom stereocenters. The maximum atomic E-state index is 12.7.